The predicted molar refractivity (Wildman–Crippen MR) is 112 cm³/mol. The summed E-state index contributed by atoms with van der Waals surface area (Å²) in [5, 5.41) is 6.03. The van der Waals surface area contributed by atoms with Crippen LogP contribution in [-0.4, -0.2) is 15.5 Å². The van der Waals surface area contributed by atoms with Crippen molar-refractivity contribution in [1.82, 2.24) is 14.9 Å². The first-order valence-electron chi connectivity index (χ1n) is 9.10. The summed E-state index contributed by atoms with van der Waals surface area (Å²) in [6, 6.07) is 21.3. The van der Waals surface area contributed by atoms with Crippen LogP contribution in [0.25, 0.3) is 10.8 Å². The SMILES string of the molecule is Cn1ccnc1C(NC(=O)Cc1cccc2ccccc12)c1ccc(Cl)cc1. The van der Waals surface area contributed by atoms with Crippen LogP contribution in [0.15, 0.2) is 79.1 Å². The van der Waals surface area contributed by atoms with Gasteiger partial charge < -0.3 is 9.88 Å². The standard InChI is InChI=1S/C23H20ClN3O/c1-27-14-13-25-23(27)22(17-9-11-19(24)12-10-17)26-21(28)15-18-7-4-6-16-5-2-3-8-20(16)18/h2-14,22H,15H2,1H3,(H,26,28). The lowest BCUT2D eigenvalue weighted by molar-refractivity contribution is -0.121. The van der Waals surface area contributed by atoms with Gasteiger partial charge in [0.05, 0.1) is 6.42 Å². The molecule has 1 unspecified atom stereocenters. The third-order valence-electron chi connectivity index (χ3n) is 4.86. The summed E-state index contributed by atoms with van der Waals surface area (Å²) in [4.78, 5) is 17.4. The molecule has 4 aromatic rings. The minimum atomic E-state index is -0.347. The van der Waals surface area contributed by atoms with Gasteiger partial charge in [0, 0.05) is 24.5 Å². The van der Waals surface area contributed by atoms with Gasteiger partial charge in [-0.05, 0) is 34.0 Å². The molecule has 5 heteroatoms. The fraction of sp³-hybridized carbons (Fsp3) is 0.130. The normalized spacial score (nSPS) is 12.1. The molecule has 140 valence electrons. The summed E-state index contributed by atoms with van der Waals surface area (Å²) in [5.74, 6) is 0.716. The largest absolute Gasteiger partial charge is 0.342 e. The Balaban J connectivity index is 1.62. The minimum absolute atomic E-state index is 0.0562. The van der Waals surface area contributed by atoms with E-state index in [1.807, 2.05) is 72.4 Å². The zero-order valence-electron chi connectivity index (χ0n) is 15.5. The molecule has 1 heterocycles. The predicted octanol–water partition coefficient (Wildman–Crippen LogP) is 4.68. The van der Waals surface area contributed by atoms with Crippen molar-refractivity contribution < 1.29 is 4.79 Å². The first-order valence-corrected chi connectivity index (χ1v) is 9.48. The molecule has 3 aromatic carbocycles. The van der Waals surface area contributed by atoms with Gasteiger partial charge in [0.15, 0.2) is 0 Å². The van der Waals surface area contributed by atoms with Crippen LogP contribution in [0.3, 0.4) is 0 Å². The number of amides is 1. The van der Waals surface area contributed by atoms with Crippen LogP contribution in [0.2, 0.25) is 5.02 Å². The molecule has 0 aliphatic rings. The van der Waals surface area contributed by atoms with E-state index in [0.29, 0.717) is 11.4 Å². The van der Waals surface area contributed by atoms with Gasteiger partial charge in [-0.25, -0.2) is 4.98 Å². The Bertz CT molecular complexity index is 1110. The monoisotopic (exact) mass is 389 g/mol. The molecule has 0 radical (unpaired) electrons. The Morgan fingerprint density at radius 3 is 2.57 bits per heavy atom. The fourth-order valence-electron chi connectivity index (χ4n) is 3.44. The van der Waals surface area contributed by atoms with Gasteiger partial charge in [-0.1, -0.05) is 66.2 Å². The van der Waals surface area contributed by atoms with Crippen LogP contribution < -0.4 is 5.32 Å². The first kappa shape index (κ1) is 18.3. The molecule has 1 atom stereocenters. The van der Waals surface area contributed by atoms with Crippen LogP contribution >= 0.6 is 11.6 Å². The molecule has 0 aliphatic heterocycles. The van der Waals surface area contributed by atoms with E-state index in [1.165, 1.54) is 0 Å². The summed E-state index contributed by atoms with van der Waals surface area (Å²) in [5.41, 5.74) is 1.94. The van der Waals surface area contributed by atoms with Gasteiger partial charge in [0.1, 0.15) is 11.9 Å². The highest BCUT2D eigenvalue weighted by atomic mass is 35.5. The van der Waals surface area contributed by atoms with Crippen molar-refractivity contribution in [3.05, 3.63) is 101 Å². The summed E-state index contributed by atoms with van der Waals surface area (Å²) < 4.78 is 1.91. The Kier molecular flexibility index (Phi) is 5.13. The molecule has 0 spiro atoms. The summed E-state index contributed by atoms with van der Waals surface area (Å²) in [6.45, 7) is 0. The number of aryl methyl sites for hydroxylation is 1. The van der Waals surface area contributed by atoms with Gasteiger partial charge in [0.2, 0.25) is 5.91 Å². The minimum Gasteiger partial charge on any atom is -0.342 e. The van der Waals surface area contributed by atoms with Crippen molar-refractivity contribution in [3.63, 3.8) is 0 Å². The number of imidazole rings is 1. The number of fused-ring (bicyclic) bond motifs is 1. The van der Waals surface area contributed by atoms with Crippen LogP contribution in [0.5, 0.6) is 0 Å². The average Bonchev–Trinajstić information content (AvgIpc) is 3.13. The third-order valence-corrected chi connectivity index (χ3v) is 5.11. The Morgan fingerprint density at radius 2 is 1.82 bits per heavy atom. The smallest absolute Gasteiger partial charge is 0.225 e. The van der Waals surface area contributed by atoms with Gasteiger partial charge in [-0.3, -0.25) is 4.79 Å². The average molecular weight is 390 g/mol. The molecule has 0 saturated heterocycles. The number of benzene rings is 3. The Hall–Kier alpha value is -3.11. The van der Waals surface area contributed by atoms with E-state index >= 15 is 0 Å². The molecule has 0 aliphatic carbocycles. The van der Waals surface area contributed by atoms with E-state index in [9.17, 15) is 4.79 Å². The molecule has 0 saturated carbocycles. The highest BCUT2D eigenvalue weighted by Crippen LogP contribution is 2.23. The second-order valence-corrected chi connectivity index (χ2v) is 7.20. The first-order chi connectivity index (χ1) is 13.6. The molecule has 1 amide bonds. The second-order valence-electron chi connectivity index (χ2n) is 6.76. The van der Waals surface area contributed by atoms with Crippen molar-refractivity contribution in [3.8, 4) is 0 Å². The molecular formula is C23H20ClN3O. The maximum Gasteiger partial charge on any atom is 0.225 e. The summed E-state index contributed by atoms with van der Waals surface area (Å²) in [6.07, 6.45) is 3.90. The molecule has 28 heavy (non-hydrogen) atoms. The van der Waals surface area contributed by atoms with E-state index in [4.69, 9.17) is 11.6 Å². The molecule has 0 fully saturated rings. The number of aromatic nitrogens is 2. The summed E-state index contributed by atoms with van der Waals surface area (Å²) in [7, 11) is 1.92. The molecule has 1 aromatic heterocycles. The number of hydrogen-bond donors (Lipinski definition) is 1. The summed E-state index contributed by atoms with van der Waals surface area (Å²) >= 11 is 6.03. The topological polar surface area (TPSA) is 46.9 Å². The van der Waals surface area contributed by atoms with Crippen molar-refractivity contribution >= 4 is 28.3 Å². The number of halogens is 1. The molecule has 4 rings (SSSR count). The highest BCUT2D eigenvalue weighted by Gasteiger charge is 2.21. The maximum absolute atomic E-state index is 12.9. The van der Waals surface area contributed by atoms with Gasteiger partial charge in [-0.15, -0.1) is 0 Å². The van der Waals surface area contributed by atoms with Crippen LogP contribution in [0.4, 0.5) is 0 Å². The van der Waals surface area contributed by atoms with Crippen molar-refractivity contribution in [1.29, 1.82) is 0 Å². The van der Waals surface area contributed by atoms with Gasteiger partial charge in [0.25, 0.3) is 0 Å². The number of hydrogen-bond acceptors (Lipinski definition) is 2. The quantitative estimate of drug-likeness (QED) is 0.539. The zero-order chi connectivity index (χ0) is 19.5. The van der Waals surface area contributed by atoms with Gasteiger partial charge >= 0.3 is 0 Å². The van der Waals surface area contributed by atoms with E-state index < -0.39 is 0 Å². The van der Waals surface area contributed by atoms with Crippen molar-refractivity contribution in [2.75, 3.05) is 0 Å². The molecule has 1 N–H and O–H groups in total. The van der Waals surface area contributed by atoms with E-state index in [0.717, 1.165) is 27.7 Å². The zero-order valence-corrected chi connectivity index (χ0v) is 16.2. The van der Waals surface area contributed by atoms with Gasteiger partial charge in [-0.2, -0.15) is 0 Å². The number of carbonyl (C=O) groups is 1. The fourth-order valence-corrected chi connectivity index (χ4v) is 3.57. The molecule has 0 bridgehead atoms. The van der Waals surface area contributed by atoms with E-state index in [-0.39, 0.29) is 11.9 Å². The Morgan fingerprint density at radius 1 is 1.07 bits per heavy atom. The molecular weight excluding hydrogens is 370 g/mol. The van der Waals surface area contributed by atoms with E-state index in [2.05, 4.69) is 22.4 Å². The number of nitrogens with one attached hydrogen (secondary N) is 1. The Labute approximate surface area is 168 Å². The number of rotatable bonds is 5. The second kappa shape index (κ2) is 7.87. The number of nitrogens with zero attached hydrogens (tertiary/aromatic N) is 2. The lowest BCUT2D eigenvalue weighted by Crippen LogP contribution is -2.32. The lowest BCUT2D eigenvalue weighted by atomic mass is 10.0. The third kappa shape index (κ3) is 3.78. The lowest BCUT2D eigenvalue weighted by Gasteiger charge is -2.19. The van der Waals surface area contributed by atoms with Crippen LogP contribution in [0.1, 0.15) is 23.0 Å². The van der Waals surface area contributed by atoms with Crippen LogP contribution in [-0.2, 0) is 18.3 Å². The van der Waals surface area contributed by atoms with Crippen LogP contribution in [0, 0.1) is 0 Å². The van der Waals surface area contributed by atoms with Crippen molar-refractivity contribution in [2.24, 2.45) is 7.05 Å². The maximum atomic E-state index is 12.9. The van der Waals surface area contributed by atoms with E-state index in [1.54, 1.807) is 6.20 Å². The molecule has 4 nitrogen and oxygen atoms in total. The number of carbonyl (C=O) groups excluding carboxylic acids is 1. The van der Waals surface area contributed by atoms with Crippen molar-refractivity contribution in [2.45, 2.75) is 12.5 Å². The highest BCUT2D eigenvalue weighted by molar-refractivity contribution is 6.30.